The Morgan fingerprint density at radius 2 is 1.89 bits per heavy atom. The van der Waals surface area contributed by atoms with Crippen LogP contribution in [0.4, 0.5) is 0 Å². The Kier molecular flexibility index (Phi) is 4.97. The van der Waals surface area contributed by atoms with Crippen molar-refractivity contribution < 1.29 is 21.9 Å². The van der Waals surface area contributed by atoms with Crippen molar-refractivity contribution in [3.05, 3.63) is 23.2 Å². The van der Waals surface area contributed by atoms with E-state index < -0.39 is 26.0 Å². The molecule has 0 radical (unpaired) electrons. The van der Waals surface area contributed by atoms with Crippen LogP contribution in [0.1, 0.15) is 6.92 Å². The Morgan fingerprint density at radius 3 is 2.37 bits per heavy atom. The molecule has 2 N–H and O–H groups in total. The second-order valence-electron chi connectivity index (χ2n) is 4.07. The van der Waals surface area contributed by atoms with E-state index in [1.165, 1.54) is 19.1 Å². The van der Waals surface area contributed by atoms with Crippen LogP contribution in [0.3, 0.4) is 0 Å². The van der Waals surface area contributed by atoms with Crippen LogP contribution in [0.25, 0.3) is 0 Å². The Bertz CT molecular complexity index is 667. The third-order valence-electron chi connectivity index (χ3n) is 2.19. The van der Waals surface area contributed by atoms with Crippen molar-refractivity contribution in [2.75, 3.05) is 12.8 Å². The largest absolute Gasteiger partial charge is 0.392 e. The third kappa shape index (κ3) is 4.43. The Balaban J connectivity index is 3.27. The second kappa shape index (κ2) is 5.76. The first-order chi connectivity index (χ1) is 8.54. The second-order valence-corrected chi connectivity index (χ2v) is 8.22. The Labute approximate surface area is 117 Å². The molecule has 19 heavy (non-hydrogen) atoms. The molecule has 1 aromatic rings. The average molecular weight is 328 g/mol. The molecule has 0 saturated carbocycles. The first kappa shape index (κ1) is 16.4. The summed E-state index contributed by atoms with van der Waals surface area (Å²) >= 11 is 5.77. The molecule has 1 aromatic carbocycles. The van der Waals surface area contributed by atoms with Crippen molar-refractivity contribution in [3.63, 3.8) is 0 Å². The van der Waals surface area contributed by atoms with Crippen molar-refractivity contribution in [1.29, 1.82) is 0 Å². The van der Waals surface area contributed by atoms with Crippen molar-refractivity contribution in [2.45, 2.75) is 22.8 Å². The zero-order valence-electron chi connectivity index (χ0n) is 10.3. The van der Waals surface area contributed by atoms with Crippen LogP contribution >= 0.6 is 11.6 Å². The molecule has 0 amide bonds. The van der Waals surface area contributed by atoms with Gasteiger partial charge in [0, 0.05) is 12.8 Å². The van der Waals surface area contributed by atoms with Crippen molar-refractivity contribution >= 4 is 31.5 Å². The summed E-state index contributed by atoms with van der Waals surface area (Å²) in [6.45, 7) is 1.22. The van der Waals surface area contributed by atoms with Crippen LogP contribution in [-0.2, 0) is 19.9 Å². The fraction of sp³-hybridized carbons (Fsp3) is 0.400. The molecule has 0 spiro atoms. The zero-order chi connectivity index (χ0) is 14.8. The monoisotopic (exact) mass is 327 g/mol. The summed E-state index contributed by atoms with van der Waals surface area (Å²) in [6.07, 6.45) is 0.0993. The number of hydrogen-bond donors (Lipinski definition) is 2. The quantitative estimate of drug-likeness (QED) is 0.815. The Hall–Kier alpha value is -0.670. The maximum atomic E-state index is 11.9. The maximum Gasteiger partial charge on any atom is 0.242 e. The SMILES string of the molecule is CC(O)CNS(=O)(=O)c1cc(S(C)(=O)=O)ccc1Cl. The van der Waals surface area contributed by atoms with Gasteiger partial charge < -0.3 is 5.11 Å². The first-order valence-corrected chi connectivity index (χ1v) is 8.96. The van der Waals surface area contributed by atoms with Gasteiger partial charge in [0.05, 0.1) is 16.0 Å². The molecule has 0 heterocycles. The lowest BCUT2D eigenvalue weighted by Gasteiger charge is -2.10. The van der Waals surface area contributed by atoms with Gasteiger partial charge in [-0.3, -0.25) is 0 Å². The first-order valence-electron chi connectivity index (χ1n) is 5.21. The number of sulfonamides is 1. The molecule has 6 nitrogen and oxygen atoms in total. The highest BCUT2D eigenvalue weighted by atomic mass is 35.5. The number of nitrogens with one attached hydrogen (secondary N) is 1. The van der Waals surface area contributed by atoms with Gasteiger partial charge in [0.2, 0.25) is 10.0 Å². The molecule has 0 aliphatic carbocycles. The van der Waals surface area contributed by atoms with Crippen LogP contribution in [0.15, 0.2) is 28.0 Å². The van der Waals surface area contributed by atoms with E-state index >= 15 is 0 Å². The topological polar surface area (TPSA) is 101 Å². The van der Waals surface area contributed by atoms with E-state index in [1.807, 2.05) is 0 Å². The van der Waals surface area contributed by atoms with Gasteiger partial charge in [-0.25, -0.2) is 21.6 Å². The van der Waals surface area contributed by atoms with Gasteiger partial charge in [0.15, 0.2) is 9.84 Å². The summed E-state index contributed by atoms with van der Waals surface area (Å²) in [5.41, 5.74) is 0. The highest BCUT2D eigenvalue weighted by Crippen LogP contribution is 2.24. The van der Waals surface area contributed by atoms with E-state index in [4.69, 9.17) is 16.7 Å². The fourth-order valence-electron chi connectivity index (χ4n) is 1.23. The van der Waals surface area contributed by atoms with Crippen LogP contribution < -0.4 is 4.72 Å². The summed E-state index contributed by atoms with van der Waals surface area (Å²) in [4.78, 5) is -0.480. The van der Waals surface area contributed by atoms with Gasteiger partial charge in [-0.15, -0.1) is 0 Å². The van der Waals surface area contributed by atoms with Gasteiger partial charge >= 0.3 is 0 Å². The minimum absolute atomic E-state index is 0.0921. The van der Waals surface area contributed by atoms with E-state index in [0.717, 1.165) is 12.3 Å². The average Bonchev–Trinajstić information content (AvgIpc) is 2.25. The van der Waals surface area contributed by atoms with Gasteiger partial charge in [0.1, 0.15) is 4.90 Å². The molecule has 0 saturated heterocycles. The number of halogens is 1. The van der Waals surface area contributed by atoms with Crippen molar-refractivity contribution in [3.8, 4) is 0 Å². The number of aliphatic hydroxyl groups is 1. The molecule has 0 aliphatic heterocycles. The van der Waals surface area contributed by atoms with E-state index in [2.05, 4.69) is 4.72 Å². The van der Waals surface area contributed by atoms with Crippen LogP contribution in [0.2, 0.25) is 5.02 Å². The molecule has 1 atom stereocenters. The molecule has 1 unspecified atom stereocenters. The molecule has 0 bridgehead atoms. The highest BCUT2D eigenvalue weighted by Gasteiger charge is 2.21. The summed E-state index contributed by atoms with van der Waals surface area (Å²) < 4.78 is 48.8. The summed E-state index contributed by atoms with van der Waals surface area (Å²) in [5, 5.41) is 8.97. The van der Waals surface area contributed by atoms with Crippen LogP contribution in [0.5, 0.6) is 0 Å². The molecule has 0 aromatic heterocycles. The predicted molar refractivity (Wildman–Crippen MR) is 71.4 cm³/mol. The van der Waals surface area contributed by atoms with Gasteiger partial charge in [-0.1, -0.05) is 11.6 Å². The highest BCUT2D eigenvalue weighted by molar-refractivity contribution is 7.91. The van der Waals surface area contributed by atoms with Gasteiger partial charge in [0.25, 0.3) is 0 Å². The maximum absolute atomic E-state index is 11.9. The Morgan fingerprint density at radius 1 is 1.32 bits per heavy atom. The van der Waals surface area contributed by atoms with E-state index in [1.54, 1.807) is 0 Å². The third-order valence-corrected chi connectivity index (χ3v) is 5.20. The van der Waals surface area contributed by atoms with E-state index in [0.29, 0.717) is 0 Å². The minimum Gasteiger partial charge on any atom is -0.392 e. The van der Waals surface area contributed by atoms with Gasteiger partial charge in [-0.2, -0.15) is 0 Å². The normalized spacial score (nSPS) is 14.3. The lowest BCUT2D eigenvalue weighted by Crippen LogP contribution is -2.30. The van der Waals surface area contributed by atoms with E-state index in [9.17, 15) is 16.8 Å². The number of rotatable bonds is 5. The van der Waals surface area contributed by atoms with Crippen LogP contribution in [-0.4, -0.2) is 40.8 Å². The number of hydrogen-bond acceptors (Lipinski definition) is 5. The molecule has 0 aliphatic rings. The number of sulfone groups is 1. The lowest BCUT2D eigenvalue weighted by atomic mass is 10.4. The molecule has 9 heteroatoms. The summed E-state index contributed by atoms with van der Waals surface area (Å²) in [7, 11) is -7.51. The van der Waals surface area contributed by atoms with Crippen molar-refractivity contribution in [2.24, 2.45) is 0 Å². The predicted octanol–water partition coefficient (Wildman–Crippen LogP) is 0.403. The molecule has 0 fully saturated rings. The molecule has 108 valence electrons. The molecule has 1 rings (SSSR count). The molecular formula is C10H14ClNO5S2. The van der Waals surface area contributed by atoms with Crippen LogP contribution in [0, 0.1) is 0 Å². The minimum atomic E-state index is -3.98. The summed E-state index contributed by atoms with van der Waals surface area (Å²) in [6, 6.07) is 3.42. The zero-order valence-corrected chi connectivity index (χ0v) is 12.7. The smallest absolute Gasteiger partial charge is 0.242 e. The fourth-order valence-corrected chi connectivity index (χ4v) is 3.60. The lowest BCUT2D eigenvalue weighted by molar-refractivity contribution is 0.198. The van der Waals surface area contributed by atoms with Crippen molar-refractivity contribution in [1.82, 2.24) is 4.72 Å². The number of benzene rings is 1. The van der Waals surface area contributed by atoms with E-state index in [-0.39, 0.29) is 21.4 Å². The molecular weight excluding hydrogens is 314 g/mol. The standard InChI is InChI=1S/C10H14ClNO5S2/c1-7(13)6-12-19(16,17)10-5-8(18(2,14)15)3-4-9(10)11/h3-5,7,12-13H,6H2,1-2H3. The summed E-state index contributed by atoms with van der Waals surface area (Å²) in [5.74, 6) is 0. The number of aliphatic hydroxyl groups excluding tert-OH is 1. The van der Waals surface area contributed by atoms with Gasteiger partial charge in [-0.05, 0) is 25.1 Å².